The summed E-state index contributed by atoms with van der Waals surface area (Å²) in [7, 11) is 0. The van der Waals surface area contributed by atoms with E-state index >= 15 is 0 Å². The van der Waals surface area contributed by atoms with Gasteiger partial charge in [-0.2, -0.15) is 0 Å². The monoisotopic (exact) mass is 284 g/mol. The lowest BCUT2D eigenvalue weighted by Crippen LogP contribution is -2.15. The standard InChI is InChI=1S/C8H14Br2O/c1-6(2)3-4-7(10)8(11)5-9/h6-7H,3-5H2,1-2H3. The third-order valence-electron chi connectivity index (χ3n) is 1.48. The predicted octanol–water partition coefficient (Wildman–Crippen LogP) is 3.15. The Morgan fingerprint density at radius 2 is 1.91 bits per heavy atom. The summed E-state index contributed by atoms with van der Waals surface area (Å²) in [6, 6.07) is 0. The topological polar surface area (TPSA) is 17.1 Å². The number of Topliss-reactive ketones (excluding diaryl/α,β-unsaturated/α-hetero) is 1. The molecule has 0 spiro atoms. The van der Waals surface area contributed by atoms with Gasteiger partial charge in [0.05, 0.1) is 10.2 Å². The van der Waals surface area contributed by atoms with Crippen molar-refractivity contribution in [3.8, 4) is 0 Å². The Labute approximate surface area is 85.2 Å². The molecule has 1 atom stereocenters. The summed E-state index contributed by atoms with van der Waals surface area (Å²) in [6.45, 7) is 4.33. The molecule has 11 heavy (non-hydrogen) atoms. The van der Waals surface area contributed by atoms with Crippen LogP contribution >= 0.6 is 31.9 Å². The fraction of sp³-hybridized carbons (Fsp3) is 0.875. The zero-order chi connectivity index (χ0) is 8.85. The molecule has 0 aliphatic heterocycles. The van der Waals surface area contributed by atoms with Gasteiger partial charge in [0, 0.05) is 0 Å². The molecule has 66 valence electrons. The van der Waals surface area contributed by atoms with E-state index in [0.717, 1.165) is 12.8 Å². The van der Waals surface area contributed by atoms with E-state index in [4.69, 9.17) is 0 Å². The fourth-order valence-electron chi connectivity index (χ4n) is 0.724. The van der Waals surface area contributed by atoms with Crippen molar-refractivity contribution in [2.45, 2.75) is 31.5 Å². The summed E-state index contributed by atoms with van der Waals surface area (Å²) in [5.74, 6) is 0.920. The Hall–Kier alpha value is 0.630. The minimum Gasteiger partial charge on any atom is -0.298 e. The zero-order valence-corrected chi connectivity index (χ0v) is 10.1. The molecule has 0 bridgehead atoms. The molecule has 0 aliphatic rings. The van der Waals surface area contributed by atoms with E-state index < -0.39 is 0 Å². The van der Waals surface area contributed by atoms with Gasteiger partial charge in [0.25, 0.3) is 0 Å². The maximum atomic E-state index is 11.0. The highest BCUT2D eigenvalue weighted by atomic mass is 79.9. The minimum atomic E-state index is 0.0456. The minimum absolute atomic E-state index is 0.0456. The van der Waals surface area contributed by atoms with Gasteiger partial charge in [0.1, 0.15) is 0 Å². The van der Waals surface area contributed by atoms with Crippen molar-refractivity contribution < 1.29 is 4.79 Å². The normalized spacial score (nSPS) is 13.5. The molecular formula is C8H14Br2O. The molecule has 0 aromatic rings. The van der Waals surface area contributed by atoms with Gasteiger partial charge in [0.2, 0.25) is 0 Å². The quantitative estimate of drug-likeness (QED) is 0.709. The van der Waals surface area contributed by atoms with Crippen LogP contribution in [0.15, 0.2) is 0 Å². The SMILES string of the molecule is CC(C)CCC(Br)C(=O)CBr. The Morgan fingerprint density at radius 3 is 2.27 bits per heavy atom. The van der Waals surface area contributed by atoms with Crippen LogP contribution in [0.3, 0.4) is 0 Å². The van der Waals surface area contributed by atoms with Gasteiger partial charge >= 0.3 is 0 Å². The molecule has 1 nitrogen and oxygen atoms in total. The largest absolute Gasteiger partial charge is 0.298 e. The molecule has 0 N–H and O–H groups in total. The summed E-state index contributed by atoms with van der Waals surface area (Å²) in [5, 5.41) is 0.459. The molecule has 3 heteroatoms. The molecule has 0 heterocycles. The van der Waals surface area contributed by atoms with Gasteiger partial charge in [-0.05, 0) is 18.8 Å². The van der Waals surface area contributed by atoms with Crippen LogP contribution in [0.5, 0.6) is 0 Å². The highest BCUT2D eigenvalue weighted by molar-refractivity contribution is 9.10. The van der Waals surface area contributed by atoms with E-state index in [2.05, 4.69) is 45.7 Å². The molecular weight excluding hydrogens is 272 g/mol. The highest BCUT2D eigenvalue weighted by Crippen LogP contribution is 2.14. The first-order valence-corrected chi connectivity index (χ1v) is 5.84. The van der Waals surface area contributed by atoms with Crippen molar-refractivity contribution in [1.82, 2.24) is 0 Å². The van der Waals surface area contributed by atoms with Crippen molar-refractivity contribution in [3.63, 3.8) is 0 Å². The van der Waals surface area contributed by atoms with Gasteiger partial charge in [-0.25, -0.2) is 0 Å². The lowest BCUT2D eigenvalue weighted by Gasteiger charge is -2.08. The maximum absolute atomic E-state index is 11.0. The number of rotatable bonds is 5. The van der Waals surface area contributed by atoms with Gasteiger partial charge in [-0.3, -0.25) is 4.79 Å². The summed E-state index contributed by atoms with van der Waals surface area (Å²) in [5.41, 5.74) is 0. The van der Waals surface area contributed by atoms with Crippen LogP contribution in [0.25, 0.3) is 0 Å². The average Bonchev–Trinajstić information content (AvgIpc) is 1.98. The van der Waals surface area contributed by atoms with E-state index in [1.165, 1.54) is 0 Å². The van der Waals surface area contributed by atoms with Crippen LogP contribution in [0, 0.1) is 5.92 Å². The second-order valence-electron chi connectivity index (χ2n) is 3.04. The van der Waals surface area contributed by atoms with Gasteiger partial charge in [0.15, 0.2) is 5.78 Å². The lowest BCUT2D eigenvalue weighted by atomic mass is 10.1. The maximum Gasteiger partial charge on any atom is 0.156 e. The van der Waals surface area contributed by atoms with Crippen molar-refractivity contribution >= 4 is 37.6 Å². The van der Waals surface area contributed by atoms with Crippen LogP contribution in [0.2, 0.25) is 0 Å². The average molecular weight is 286 g/mol. The first-order valence-electron chi connectivity index (χ1n) is 3.80. The number of ketones is 1. The number of carbonyl (C=O) groups excluding carboxylic acids is 1. The second kappa shape index (κ2) is 6.18. The molecule has 0 aliphatic carbocycles. The van der Waals surface area contributed by atoms with Crippen molar-refractivity contribution in [3.05, 3.63) is 0 Å². The van der Waals surface area contributed by atoms with E-state index in [1.807, 2.05) is 0 Å². The van der Waals surface area contributed by atoms with E-state index in [0.29, 0.717) is 11.2 Å². The van der Waals surface area contributed by atoms with Crippen molar-refractivity contribution in [1.29, 1.82) is 0 Å². The van der Waals surface area contributed by atoms with E-state index in [1.54, 1.807) is 0 Å². The van der Waals surface area contributed by atoms with Crippen LogP contribution in [-0.2, 0) is 4.79 Å². The summed E-state index contributed by atoms with van der Waals surface area (Å²) < 4.78 is 0. The van der Waals surface area contributed by atoms with Gasteiger partial charge < -0.3 is 0 Å². The Bertz CT molecular complexity index is 123. The second-order valence-corrected chi connectivity index (χ2v) is 4.70. The van der Waals surface area contributed by atoms with Crippen LogP contribution in [0.4, 0.5) is 0 Å². The molecule has 0 radical (unpaired) electrons. The van der Waals surface area contributed by atoms with Crippen molar-refractivity contribution in [2.24, 2.45) is 5.92 Å². The molecule has 0 aromatic heterocycles. The number of hydrogen-bond donors (Lipinski definition) is 0. The molecule has 1 unspecified atom stereocenters. The van der Waals surface area contributed by atoms with Crippen LogP contribution in [0.1, 0.15) is 26.7 Å². The number of alkyl halides is 2. The number of halogens is 2. The number of hydrogen-bond acceptors (Lipinski definition) is 1. The molecule has 0 saturated heterocycles. The third kappa shape index (κ3) is 5.85. The summed E-state index contributed by atoms with van der Waals surface area (Å²) in [6.07, 6.45) is 2.05. The third-order valence-corrected chi connectivity index (χ3v) is 3.00. The van der Waals surface area contributed by atoms with Gasteiger partial charge in [-0.15, -0.1) is 0 Å². The van der Waals surface area contributed by atoms with Gasteiger partial charge in [-0.1, -0.05) is 45.7 Å². The summed E-state index contributed by atoms with van der Waals surface area (Å²) >= 11 is 6.50. The Morgan fingerprint density at radius 1 is 1.36 bits per heavy atom. The smallest absolute Gasteiger partial charge is 0.156 e. The zero-order valence-electron chi connectivity index (χ0n) is 6.94. The van der Waals surface area contributed by atoms with Crippen LogP contribution < -0.4 is 0 Å². The fourth-order valence-corrected chi connectivity index (χ4v) is 1.98. The summed E-state index contributed by atoms with van der Waals surface area (Å²) in [4.78, 5) is 11.1. The van der Waals surface area contributed by atoms with Crippen molar-refractivity contribution in [2.75, 3.05) is 5.33 Å². The molecule has 0 saturated carbocycles. The Kier molecular flexibility index (Phi) is 6.53. The molecule has 0 aromatic carbocycles. The molecule has 0 fully saturated rings. The predicted molar refractivity (Wildman–Crippen MR) is 55.6 cm³/mol. The lowest BCUT2D eigenvalue weighted by molar-refractivity contribution is -0.116. The highest BCUT2D eigenvalue weighted by Gasteiger charge is 2.12. The number of carbonyl (C=O) groups is 1. The van der Waals surface area contributed by atoms with Crippen LogP contribution in [-0.4, -0.2) is 15.9 Å². The first-order chi connectivity index (χ1) is 5.07. The molecule has 0 amide bonds. The van der Waals surface area contributed by atoms with E-state index in [9.17, 15) is 4.79 Å². The Balaban J connectivity index is 3.52. The molecule has 0 rings (SSSR count). The van der Waals surface area contributed by atoms with E-state index in [-0.39, 0.29) is 10.6 Å². The first kappa shape index (κ1) is 11.6.